The minimum atomic E-state index is -1.09. The predicted octanol–water partition coefficient (Wildman–Crippen LogP) is 3.52. The van der Waals surface area contributed by atoms with E-state index in [0.717, 1.165) is 6.07 Å². The molecule has 0 spiro atoms. The number of anilines is 1. The number of benzene rings is 2. The van der Waals surface area contributed by atoms with Gasteiger partial charge in [-0.2, -0.15) is 0 Å². The molecule has 0 saturated heterocycles. The van der Waals surface area contributed by atoms with Crippen molar-refractivity contribution in [3.8, 4) is 0 Å². The van der Waals surface area contributed by atoms with E-state index in [1.807, 2.05) is 0 Å². The first kappa shape index (κ1) is 18.3. The van der Waals surface area contributed by atoms with E-state index in [-0.39, 0.29) is 11.3 Å². The number of carbonyl (C=O) groups is 3. The van der Waals surface area contributed by atoms with E-state index in [2.05, 4.69) is 5.32 Å². The van der Waals surface area contributed by atoms with Crippen molar-refractivity contribution in [2.24, 2.45) is 0 Å². The number of halogens is 1. The molecular formula is C19H18FNO4. The zero-order valence-corrected chi connectivity index (χ0v) is 14.1. The van der Waals surface area contributed by atoms with Gasteiger partial charge in [0, 0.05) is 11.3 Å². The number of nitrogens with one attached hydrogen (secondary N) is 1. The lowest BCUT2D eigenvalue weighted by molar-refractivity contribution is -0.123. The van der Waals surface area contributed by atoms with Gasteiger partial charge in [0.2, 0.25) is 0 Å². The fraction of sp³-hybridized carbons (Fsp3) is 0.211. The van der Waals surface area contributed by atoms with E-state index in [4.69, 9.17) is 4.74 Å². The van der Waals surface area contributed by atoms with Crippen LogP contribution in [0.4, 0.5) is 10.1 Å². The maximum absolute atomic E-state index is 13.3. The van der Waals surface area contributed by atoms with Gasteiger partial charge in [0.15, 0.2) is 11.9 Å². The van der Waals surface area contributed by atoms with Crippen molar-refractivity contribution in [2.75, 3.05) is 5.32 Å². The second kappa shape index (κ2) is 7.70. The molecule has 0 unspecified atom stereocenters. The molecule has 0 aromatic heterocycles. The first-order chi connectivity index (χ1) is 11.8. The highest BCUT2D eigenvalue weighted by atomic mass is 19.1. The van der Waals surface area contributed by atoms with E-state index < -0.39 is 23.8 Å². The summed E-state index contributed by atoms with van der Waals surface area (Å²) >= 11 is 0. The van der Waals surface area contributed by atoms with E-state index >= 15 is 0 Å². The number of hydrogen-bond donors (Lipinski definition) is 1. The third-order valence-electron chi connectivity index (χ3n) is 3.61. The first-order valence-electron chi connectivity index (χ1n) is 7.67. The Hall–Kier alpha value is -3.02. The molecule has 2 aromatic rings. The van der Waals surface area contributed by atoms with Crippen molar-refractivity contribution in [1.82, 2.24) is 0 Å². The second-order valence-corrected chi connectivity index (χ2v) is 5.63. The molecule has 0 aliphatic carbocycles. The normalized spacial score (nSPS) is 11.5. The zero-order chi connectivity index (χ0) is 18.6. The lowest BCUT2D eigenvalue weighted by Crippen LogP contribution is -2.30. The number of carbonyl (C=O) groups excluding carboxylic acids is 3. The summed E-state index contributed by atoms with van der Waals surface area (Å²) in [4.78, 5) is 35.6. The van der Waals surface area contributed by atoms with Crippen LogP contribution in [0, 0.1) is 12.7 Å². The number of amides is 1. The van der Waals surface area contributed by atoms with Gasteiger partial charge < -0.3 is 10.1 Å². The Balaban J connectivity index is 2.05. The van der Waals surface area contributed by atoms with E-state index in [0.29, 0.717) is 16.8 Å². The number of ether oxygens (including phenoxy) is 1. The maximum Gasteiger partial charge on any atom is 0.339 e. The van der Waals surface area contributed by atoms with Gasteiger partial charge in [-0.3, -0.25) is 9.59 Å². The minimum absolute atomic E-state index is 0.0678. The van der Waals surface area contributed by atoms with Crippen LogP contribution in [0.3, 0.4) is 0 Å². The first-order valence-corrected chi connectivity index (χ1v) is 7.67. The van der Waals surface area contributed by atoms with Crippen LogP contribution in [0.25, 0.3) is 0 Å². The quantitative estimate of drug-likeness (QED) is 0.666. The molecule has 130 valence electrons. The molecule has 0 aliphatic rings. The van der Waals surface area contributed by atoms with Gasteiger partial charge in [0.25, 0.3) is 5.91 Å². The third kappa shape index (κ3) is 4.73. The van der Waals surface area contributed by atoms with Crippen LogP contribution in [0.1, 0.15) is 40.1 Å². The Morgan fingerprint density at radius 3 is 2.52 bits per heavy atom. The number of esters is 1. The number of aryl methyl sites for hydroxylation is 1. The van der Waals surface area contributed by atoms with Gasteiger partial charge in [-0.25, -0.2) is 9.18 Å². The number of Topliss-reactive ketones (excluding diaryl/α,β-unsaturated/α-hetero) is 1. The molecule has 0 aliphatic heterocycles. The van der Waals surface area contributed by atoms with Crippen molar-refractivity contribution in [2.45, 2.75) is 26.9 Å². The fourth-order valence-electron chi connectivity index (χ4n) is 2.15. The molecule has 0 bridgehead atoms. The molecular weight excluding hydrogens is 325 g/mol. The highest BCUT2D eigenvalue weighted by Gasteiger charge is 2.20. The standard InChI is InChI=1S/C19H18FNO4/c1-11-7-8-15(20)10-17(11)19(24)25-13(3)18(23)21-16-6-4-5-14(9-16)12(2)22/h4-10,13H,1-3H3,(H,21,23)/t13-/m0/s1. The summed E-state index contributed by atoms with van der Waals surface area (Å²) in [6.07, 6.45) is -1.09. The largest absolute Gasteiger partial charge is 0.449 e. The number of hydrogen-bond acceptors (Lipinski definition) is 4. The summed E-state index contributed by atoms with van der Waals surface area (Å²) in [5, 5.41) is 2.58. The maximum atomic E-state index is 13.3. The topological polar surface area (TPSA) is 72.5 Å². The molecule has 1 amide bonds. The Labute approximate surface area is 144 Å². The molecule has 0 fully saturated rings. The average molecular weight is 343 g/mol. The van der Waals surface area contributed by atoms with Crippen LogP contribution in [-0.4, -0.2) is 23.8 Å². The van der Waals surface area contributed by atoms with Crippen LogP contribution in [0.5, 0.6) is 0 Å². The highest BCUT2D eigenvalue weighted by molar-refractivity contribution is 5.99. The molecule has 25 heavy (non-hydrogen) atoms. The fourth-order valence-corrected chi connectivity index (χ4v) is 2.15. The predicted molar refractivity (Wildman–Crippen MR) is 91.1 cm³/mol. The van der Waals surface area contributed by atoms with Crippen molar-refractivity contribution in [3.63, 3.8) is 0 Å². The van der Waals surface area contributed by atoms with E-state index in [1.54, 1.807) is 25.1 Å². The molecule has 6 heteroatoms. The second-order valence-electron chi connectivity index (χ2n) is 5.63. The van der Waals surface area contributed by atoms with Crippen LogP contribution in [-0.2, 0) is 9.53 Å². The van der Waals surface area contributed by atoms with E-state index in [9.17, 15) is 18.8 Å². The Kier molecular flexibility index (Phi) is 5.64. The smallest absolute Gasteiger partial charge is 0.339 e. The molecule has 2 rings (SSSR count). The SMILES string of the molecule is CC(=O)c1cccc(NC(=O)[C@H](C)OC(=O)c2cc(F)ccc2C)c1. The van der Waals surface area contributed by atoms with Gasteiger partial charge in [0.05, 0.1) is 5.56 Å². The Bertz CT molecular complexity index is 832. The van der Waals surface area contributed by atoms with Gasteiger partial charge in [0.1, 0.15) is 5.82 Å². The van der Waals surface area contributed by atoms with Crippen molar-refractivity contribution in [1.29, 1.82) is 0 Å². The molecule has 0 radical (unpaired) electrons. The van der Waals surface area contributed by atoms with Gasteiger partial charge >= 0.3 is 5.97 Å². The van der Waals surface area contributed by atoms with Crippen LogP contribution < -0.4 is 5.32 Å². The van der Waals surface area contributed by atoms with Gasteiger partial charge in [-0.05, 0) is 50.6 Å². The summed E-state index contributed by atoms with van der Waals surface area (Å²) in [5.74, 6) is -2.02. The zero-order valence-electron chi connectivity index (χ0n) is 14.1. The Morgan fingerprint density at radius 2 is 1.84 bits per heavy atom. The Morgan fingerprint density at radius 1 is 1.12 bits per heavy atom. The molecule has 5 nitrogen and oxygen atoms in total. The monoisotopic (exact) mass is 343 g/mol. The van der Waals surface area contributed by atoms with Gasteiger partial charge in [-0.1, -0.05) is 18.2 Å². The summed E-state index contributed by atoms with van der Waals surface area (Å²) in [5.41, 5.74) is 1.49. The average Bonchev–Trinajstić information content (AvgIpc) is 2.57. The lowest BCUT2D eigenvalue weighted by Gasteiger charge is -2.14. The van der Waals surface area contributed by atoms with Crippen LogP contribution in [0.2, 0.25) is 0 Å². The number of ketones is 1. The highest BCUT2D eigenvalue weighted by Crippen LogP contribution is 2.15. The molecule has 2 aromatic carbocycles. The van der Waals surface area contributed by atoms with Crippen LogP contribution in [0.15, 0.2) is 42.5 Å². The number of rotatable bonds is 5. The summed E-state index contributed by atoms with van der Waals surface area (Å²) in [7, 11) is 0. The summed E-state index contributed by atoms with van der Waals surface area (Å²) < 4.78 is 18.4. The summed E-state index contributed by atoms with van der Waals surface area (Å²) in [6.45, 7) is 4.48. The van der Waals surface area contributed by atoms with Crippen molar-refractivity contribution < 1.29 is 23.5 Å². The lowest BCUT2D eigenvalue weighted by atomic mass is 10.1. The minimum Gasteiger partial charge on any atom is -0.449 e. The van der Waals surface area contributed by atoms with Crippen LogP contribution >= 0.6 is 0 Å². The van der Waals surface area contributed by atoms with Gasteiger partial charge in [-0.15, -0.1) is 0 Å². The molecule has 0 heterocycles. The summed E-state index contributed by atoms with van der Waals surface area (Å²) in [6, 6.07) is 10.2. The molecule has 0 saturated carbocycles. The van der Waals surface area contributed by atoms with Crippen molar-refractivity contribution in [3.05, 3.63) is 65.0 Å². The van der Waals surface area contributed by atoms with Crippen molar-refractivity contribution >= 4 is 23.3 Å². The third-order valence-corrected chi connectivity index (χ3v) is 3.61. The van der Waals surface area contributed by atoms with E-state index in [1.165, 1.54) is 32.0 Å². The molecule has 1 N–H and O–H groups in total. The molecule has 1 atom stereocenters.